The van der Waals surface area contributed by atoms with E-state index < -0.39 is 10.0 Å². The Hall–Kier alpha value is -1.07. The summed E-state index contributed by atoms with van der Waals surface area (Å²) < 4.78 is 26.9. The molecule has 0 aliphatic heterocycles. The average Bonchev–Trinajstić information content (AvgIpc) is 3.13. The highest BCUT2D eigenvalue weighted by atomic mass is 32.2. The molecule has 0 aromatic heterocycles. The molecule has 0 bridgehead atoms. The van der Waals surface area contributed by atoms with Crippen molar-refractivity contribution in [2.45, 2.75) is 38.0 Å². The quantitative estimate of drug-likeness (QED) is 0.808. The monoisotopic (exact) mass is 282 g/mol. The van der Waals surface area contributed by atoms with E-state index in [-0.39, 0.29) is 5.41 Å². The first-order valence-electron chi connectivity index (χ1n) is 6.79. The molecule has 1 aromatic carbocycles. The predicted molar refractivity (Wildman–Crippen MR) is 77.8 cm³/mol. The van der Waals surface area contributed by atoms with Crippen molar-refractivity contribution in [3.63, 3.8) is 0 Å². The summed E-state index contributed by atoms with van der Waals surface area (Å²) in [7, 11) is -3.37. The van der Waals surface area contributed by atoms with Crippen molar-refractivity contribution in [2.75, 3.05) is 18.4 Å². The second-order valence-electron chi connectivity index (χ2n) is 5.59. The van der Waals surface area contributed by atoms with Crippen molar-refractivity contribution in [2.24, 2.45) is 5.41 Å². The van der Waals surface area contributed by atoms with Crippen LogP contribution >= 0.6 is 0 Å². The van der Waals surface area contributed by atoms with Crippen LogP contribution in [0.15, 0.2) is 29.2 Å². The standard InChI is InChI=1S/C14H22N2O2S/c1-3-10-15-12-4-6-13(7-5-12)19(17,18)16-11-14(2)8-9-14/h4-7,15-16H,3,8-11H2,1-2H3. The second-order valence-corrected chi connectivity index (χ2v) is 7.35. The molecule has 1 fully saturated rings. The molecule has 0 amide bonds. The summed E-state index contributed by atoms with van der Waals surface area (Å²) in [6, 6.07) is 6.91. The van der Waals surface area contributed by atoms with Gasteiger partial charge in [-0.05, 0) is 48.9 Å². The summed E-state index contributed by atoms with van der Waals surface area (Å²) in [5.74, 6) is 0. The Kier molecular flexibility index (Phi) is 4.16. The van der Waals surface area contributed by atoms with Gasteiger partial charge in [0.25, 0.3) is 0 Å². The number of sulfonamides is 1. The number of anilines is 1. The van der Waals surface area contributed by atoms with Crippen LogP contribution in [0.3, 0.4) is 0 Å². The Morgan fingerprint density at radius 1 is 1.21 bits per heavy atom. The molecule has 0 heterocycles. The molecule has 1 saturated carbocycles. The van der Waals surface area contributed by atoms with Crippen molar-refractivity contribution in [3.05, 3.63) is 24.3 Å². The normalized spacial score (nSPS) is 17.2. The summed E-state index contributed by atoms with van der Waals surface area (Å²) in [4.78, 5) is 0.332. The lowest BCUT2D eigenvalue weighted by Gasteiger charge is -2.11. The summed E-state index contributed by atoms with van der Waals surface area (Å²) in [6.45, 7) is 5.62. The molecule has 2 N–H and O–H groups in total. The minimum Gasteiger partial charge on any atom is -0.385 e. The van der Waals surface area contributed by atoms with Gasteiger partial charge in [-0.25, -0.2) is 13.1 Å². The Morgan fingerprint density at radius 2 is 1.84 bits per heavy atom. The van der Waals surface area contributed by atoms with Crippen LogP contribution in [0.1, 0.15) is 33.1 Å². The third-order valence-electron chi connectivity index (χ3n) is 3.54. The number of hydrogen-bond donors (Lipinski definition) is 2. The van der Waals surface area contributed by atoms with Crippen molar-refractivity contribution in [1.29, 1.82) is 0 Å². The van der Waals surface area contributed by atoms with E-state index in [1.165, 1.54) is 0 Å². The zero-order valence-corrected chi connectivity index (χ0v) is 12.4. The fourth-order valence-corrected chi connectivity index (χ4v) is 2.96. The highest BCUT2D eigenvalue weighted by Crippen LogP contribution is 2.44. The molecule has 19 heavy (non-hydrogen) atoms. The summed E-state index contributed by atoms with van der Waals surface area (Å²) >= 11 is 0. The summed E-state index contributed by atoms with van der Waals surface area (Å²) in [6.07, 6.45) is 3.25. The first-order chi connectivity index (χ1) is 8.95. The predicted octanol–water partition coefficient (Wildman–Crippen LogP) is 2.59. The van der Waals surface area contributed by atoms with Gasteiger partial charge in [-0.3, -0.25) is 0 Å². The van der Waals surface area contributed by atoms with E-state index >= 15 is 0 Å². The van der Waals surface area contributed by atoms with Gasteiger partial charge in [0, 0.05) is 18.8 Å². The lowest BCUT2D eigenvalue weighted by molar-refractivity contribution is 0.530. The molecule has 1 aromatic rings. The van der Waals surface area contributed by atoms with Crippen LogP contribution in [0.4, 0.5) is 5.69 Å². The molecule has 0 unspecified atom stereocenters. The van der Waals surface area contributed by atoms with Gasteiger partial charge in [0.1, 0.15) is 0 Å². The molecular formula is C14H22N2O2S. The fraction of sp³-hybridized carbons (Fsp3) is 0.571. The lowest BCUT2D eigenvalue weighted by Crippen LogP contribution is -2.29. The first kappa shape index (κ1) is 14.3. The average molecular weight is 282 g/mol. The molecule has 0 spiro atoms. The Bertz CT molecular complexity index is 519. The van der Waals surface area contributed by atoms with E-state index in [2.05, 4.69) is 23.9 Å². The zero-order chi connectivity index (χ0) is 13.9. The molecule has 0 saturated heterocycles. The molecule has 1 aliphatic carbocycles. The van der Waals surface area contributed by atoms with Gasteiger partial charge in [-0.1, -0.05) is 13.8 Å². The minimum absolute atomic E-state index is 0.176. The highest BCUT2D eigenvalue weighted by Gasteiger charge is 2.38. The third-order valence-corrected chi connectivity index (χ3v) is 4.95. The van der Waals surface area contributed by atoms with Crippen LogP contribution in [0.5, 0.6) is 0 Å². The topological polar surface area (TPSA) is 58.2 Å². The number of hydrogen-bond acceptors (Lipinski definition) is 3. The van der Waals surface area contributed by atoms with Gasteiger partial charge in [0.2, 0.25) is 10.0 Å². The largest absolute Gasteiger partial charge is 0.385 e. The highest BCUT2D eigenvalue weighted by molar-refractivity contribution is 7.89. The van der Waals surface area contributed by atoms with Crippen LogP contribution in [-0.4, -0.2) is 21.5 Å². The van der Waals surface area contributed by atoms with Crippen molar-refractivity contribution in [3.8, 4) is 0 Å². The van der Waals surface area contributed by atoms with E-state index in [4.69, 9.17) is 0 Å². The number of nitrogens with one attached hydrogen (secondary N) is 2. The van der Waals surface area contributed by atoms with Gasteiger partial charge in [0.15, 0.2) is 0 Å². The van der Waals surface area contributed by atoms with E-state index in [1.54, 1.807) is 12.1 Å². The molecule has 4 nitrogen and oxygen atoms in total. The molecule has 106 valence electrons. The number of rotatable bonds is 7. The smallest absolute Gasteiger partial charge is 0.240 e. The second kappa shape index (κ2) is 5.51. The van der Waals surface area contributed by atoms with Gasteiger partial charge < -0.3 is 5.32 Å². The van der Waals surface area contributed by atoms with Gasteiger partial charge in [0.05, 0.1) is 4.90 Å². The maximum absolute atomic E-state index is 12.1. The Labute approximate surface area is 115 Å². The van der Waals surface area contributed by atoms with Crippen LogP contribution in [0.25, 0.3) is 0 Å². The third kappa shape index (κ3) is 3.94. The first-order valence-corrected chi connectivity index (χ1v) is 8.27. The van der Waals surface area contributed by atoms with E-state index in [0.29, 0.717) is 11.4 Å². The molecule has 1 aliphatic rings. The van der Waals surface area contributed by atoms with Crippen LogP contribution in [-0.2, 0) is 10.0 Å². The van der Waals surface area contributed by atoms with E-state index in [0.717, 1.165) is 31.5 Å². The fourth-order valence-electron chi connectivity index (χ4n) is 1.76. The number of benzene rings is 1. The minimum atomic E-state index is -3.37. The molecule has 0 radical (unpaired) electrons. The van der Waals surface area contributed by atoms with Gasteiger partial charge in [-0.2, -0.15) is 0 Å². The zero-order valence-electron chi connectivity index (χ0n) is 11.6. The van der Waals surface area contributed by atoms with Crippen LogP contribution in [0, 0.1) is 5.41 Å². The van der Waals surface area contributed by atoms with Crippen molar-refractivity contribution < 1.29 is 8.42 Å². The van der Waals surface area contributed by atoms with Gasteiger partial charge in [-0.15, -0.1) is 0 Å². The Balaban J connectivity index is 1.99. The van der Waals surface area contributed by atoms with E-state index in [9.17, 15) is 8.42 Å². The maximum atomic E-state index is 12.1. The lowest BCUT2D eigenvalue weighted by atomic mass is 10.2. The van der Waals surface area contributed by atoms with Crippen molar-refractivity contribution >= 4 is 15.7 Å². The molecular weight excluding hydrogens is 260 g/mol. The van der Waals surface area contributed by atoms with Crippen LogP contribution in [0.2, 0.25) is 0 Å². The van der Waals surface area contributed by atoms with E-state index in [1.807, 2.05) is 12.1 Å². The maximum Gasteiger partial charge on any atom is 0.240 e. The molecule has 0 atom stereocenters. The van der Waals surface area contributed by atoms with Crippen molar-refractivity contribution in [1.82, 2.24) is 4.72 Å². The molecule has 2 rings (SSSR count). The van der Waals surface area contributed by atoms with Gasteiger partial charge >= 0.3 is 0 Å². The molecule has 5 heteroatoms. The summed E-state index contributed by atoms with van der Waals surface area (Å²) in [5, 5.41) is 3.22. The van der Waals surface area contributed by atoms with Crippen LogP contribution < -0.4 is 10.0 Å². The SMILES string of the molecule is CCCNc1ccc(S(=O)(=O)NCC2(C)CC2)cc1. The summed E-state index contributed by atoms with van der Waals surface area (Å²) in [5.41, 5.74) is 1.13. The Morgan fingerprint density at radius 3 is 2.37 bits per heavy atom.